The van der Waals surface area contributed by atoms with E-state index in [1.54, 1.807) is 60.7 Å². The number of fused-ring (bicyclic) bond motifs is 5. The summed E-state index contributed by atoms with van der Waals surface area (Å²) in [6, 6.07) is 27.0. The van der Waals surface area contributed by atoms with Crippen molar-refractivity contribution < 1.29 is 14.4 Å². The van der Waals surface area contributed by atoms with E-state index < -0.39 is 23.4 Å². The number of hydrogen-bond donors (Lipinski definition) is 0. The average Bonchev–Trinajstić information content (AvgIpc) is 3.39. The van der Waals surface area contributed by atoms with Crippen molar-refractivity contribution in [3.63, 3.8) is 0 Å². The molecule has 0 saturated carbocycles. The largest absolute Gasteiger partial charge is 0.352 e. The minimum atomic E-state index is -1.58. The minimum absolute atomic E-state index is 0.208. The van der Waals surface area contributed by atoms with E-state index in [1.807, 2.05) is 53.5 Å². The number of carbonyl (C=O) groups excluding carboxylic acids is 3. The van der Waals surface area contributed by atoms with Crippen LogP contribution in [0.25, 0.3) is 6.08 Å². The molecule has 1 fully saturated rings. The van der Waals surface area contributed by atoms with Crippen LogP contribution in [-0.2, 0) is 0 Å². The summed E-state index contributed by atoms with van der Waals surface area (Å²) in [6.07, 6.45) is 3.85. The maximum atomic E-state index is 14.6. The Morgan fingerprint density at radius 1 is 0.744 bits per heavy atom. The van der Waals surface area contributed by atoms with Gasteiger partial charge in [-0.05, 0) is 47.5 Å². The van der Waals surface area contributed by atoms with Gasteiger partial charge in [-0.2, -0.15) is 0 Å². The van der Waals surface area contributed by atoms with Gasteiger partial charge in [0.15, 0.2) is 17.3 Å². The Bertz CT molecular complexity index is 1690. The van der Waals surface area contributed by atoms with Gasteiger partial charge in [-0.15, -0.1) is 0 Å². The predicted octanol–water partition coefficient (Wildman–Crippen LogP) is 7.31. The second-order valence-electron chi connectivity index (χ2n) is 10.2. The zero-order valence-electron chi connectivity index (χ0n) is 20.6. The van der Waals surface area contributed by atoms with Gasteiger partial charge in [-0.25, -0.2) is 0 Å². The van der Waals surface area contributed by atoms with Crippen LogP contribution in [-0.4, -0.2) is 29.4 Å². The molecule has 1 saturated heterocycles. The fraction of sp³-hybridized carbons (Fsp3) is 0.121. The molecular formula is C33H21Cl2NO3. The van der Waals surface area contributed by atoms with Crippen LogP contribution in [0.1, 0.15) is 48.1 Å². The summed E-state index contributed by atoms with van der Waals surface area (Å²) in [4.78, 5) is 45.7. The Morgan fingerprint density at radius 3 is 2.05 bits per heavy atom. The summed E-state index contributed by atoms with van der Waals surface area (Å²) in [5.41, 5.74) is 1.93. The highest BCUT2D eigenvalue weighted by Crippen LogP contribution is 2.61. The molecule has 0 N–H and O–H groups in total. The molecule has 3 aliphatic rings. The molecule has 2 aliphatic heterocycles. The summed E-state index contributed by atoms with van der Waals surface area (Å²) in [7, 11) is 0. The third kappa shape index (κ3) is 3.22. The number of nitrogens with zero attached hydrogens (tertiary/aromatic N) is 1. The normalized spacial score (nSPS) is 22.1. The van der Waals surface area contributed by atoms with E-state index >= 15 is 0 Å². The first kappa shape index (κ1) is 24.1. The van der Waals surface area contributed by atoms with Crippen LogP contribution in [0.4, 0.5) is 5.69 Å². The molecular weight excluding hydrogens is 529 g/mol. The SMILES string of the molecule is O=C(c1ccc(Cl)cc1)C1C(c2ccccc2Cl)C2(C(=O)c3ccccc3C2=O)C2C=Cc3ccccc3N12. The van der Waals surface area contributed by atoms with Crippen molar-refractivity contribution >= 4 is 52.3 Å². The topological polar surface area (TPSA) is 54.5 Å². The standard InChI is InChI=1S/C33H21Cl2NO3/c34-21-16-13-20(14-17-21)30(37)29-28(24-10-4-5-11-25(24)35)33(31(38)22-8-2-3-9-23(22)32(33)39)27-18-15-19-7-1-6-12-26(19)36(27)29/h1-18,27-29H. The van der Waals surface area contributed by atoms with E-state index in [0.717, 1.165) is 11.3 Å². The molecule has 0 aromatic heterocycles. The Morgan fingerprint density at radius 2 is 1.36 bits per heavy atom. The summed E-state index contributed by atoms with van der Waals surface area (Å²) in [5, 5.41) is 0.919. The Hall–Kier alpha value is -3.99. The van der Waals surface area contributed by atoms with Gasteiger partial charge < -0.3 is 4.90 Å². The number of ketones is 3. The first-order chi connectivity index (χ1) is 18.9. The number of benzene rings is 4. The third-order valence-corrected chi connectivity index (χ3v) is 8.95. The molecule has 190 valence electrons. The molecule has 4 aromatic rings. The molecule has 6 heteroatoms. The van der Waals surface area contributed by atoms with Crippen molar-refractivity contribution in [1.82, 2.24) is 0 Å². The highest BCUT2D eigenvalue weighted by atomic mass is 35.5. The maximum Gasteiger partial charge on any atom is 0.185 e. The maximum absolute atomic E-state index is 14.6. The smallest absolute Gasteiger partial charge is 0.185 e. The number of rotatable bonds is 3. The van der Waals surface area contributed by atoms with Crippen LogP contribution in [0, 0.1) is 5.41 Å². The molecule has 0 amide bonds. The Kier molecular flexibility index (Phi) is 5.41. The van der Waals surface area contributed by atoms with Crippen molar-refractivity contribution in [2.24, 2.45) is 5.41 Å². The molecule has 3 unspecified atom stereocenters. The zero-order valence-corrected chi connectivity index (χ0v) is 22.1. The van der Waals surface area contributed by atoms with Crippen LogP contribution in [0.15, 0.2) is 103 Å². The lowest BCUT2D eigenvalue weighted by Gasteiger charge is -2.37. The molecule has 2 heterocycles. The molecule has 1 aliphatic carbocycles. The van der Waals surface area contributed by atoms with E-state index in [2.05, 4.69) is 0 Å². The highest BCUT2D eigenvalue weighted by Gasteiger charge is 2.71. The van der Waals surface area contributed by atoms with Gasteiger partial charge in [0.05, 0.1) is 6.04 Å². The van der Waals surface area contributed by atoms with Crippen molar-refractivity contribution in [3.05, 3.63) is 141 Å². The lowest BCUT2D eigenvalue weighted by Crippen LogP contribution is -2.48. The van der Waals surface area contributed by atoms with Gasteiger partial charge in [-0.3, -0.25) is 14.4 Å². The lowest BCUT2D eigenvalue weighted by molar-refractivity contribution is 0.0666. The average molecular weight is 550 g/mol. The fourth-order valence-electron chi connectivity index (χ4n) is 6.77. The van der Waals surface area contributed by atoms with Crippen LogP contribution in [0.3, 0.4) is 0 Å². The first-order valence-corrected chi connectivity index (χ1v) is 13.5. The van der Waals surface area contributed by atoms with Crippen LogP contribution in [0.2, 0.25) is 10.0 Å². The summed E-state index contributed by atoms with van der Waals surface area (Å²) < 4.78 is 0. The lowest BCUT2D eigenvalue weighted by atomic mass is 9.64. The summed E-state index contributed by atoms with van der Waals surface area (Å²) >= 11 is 13.0. The Labute approximate surface area is 235 Å². The number of carbonyl (C=O) groups is 3. The van der Waals surface area contributed by atoms with Gasteiger partial charge in [0.25, 0.3) is 0 Å². The zero-order chi connectivity index (χ0) is 26.9. The highest BCUT2D eigenvalue weighted by molar-refractivity contribution is 6.34. The molecule has 1 spiro atoms. The van der Waals surface area contributed by atoms with Crippen LogP contribution >= 0.6 is 23.2 Å². The van der Waals surface area contributed by atoms with E-state index in [-0.39, 0.29) is 17.3 Å². The van der Waals surface area contributed by atoms with E-state index in [1.165, 1.54) is 0 Å². The third-order valence-electron chi connectivity index (χ3n) is 8.35. The molecule has 0 radical (unpaired) electrons. The molecule has 4 aromatic carbocycles. The summed E-state index contributed by atoms with van der Waals surface area (Å²) in [5.74, 6) is -1.61. The second-order valence-corrected chi connectivity index (χ2v) is 11.0. The van der Waals surface area contributed by atoms with Crippen molar-refractivity contribution in [3.8, 4) is 0 Å². The van der Waals surface area contributed by atoms with Crippen molar-refractivity contribution in [1.29, 1.82) is 0 Å². The molecule has 7 rings (SSSR count). The fourth-order valence-corrected chi connectivity index (χ4v) is 7.15. The van der Waals surface area contributed by atoms with Gasteiger partial charge in [-0.1, -0.05) is 96.0 Å². The molecule has 0 bridgehead atoms. The number of anilines is 1. The predicted molar refractivity (Wildman–Crippen MR) is 153 cm³/mol. The van der Waals surface area contributed by atoms with Gasteiger partial charge >= 0.3 is 0 Å². The van der Waals surface area contributed by atoms with Gasteiger partial charge in [0.2, 0.25) is 0 Å². The first-order valence-electron chi connectivity index (χ1n) is 12.7. The van der Waals surface area contributed by atoms with Gasteiger partial charge in [0, 0.05) is 38.3 Å². The quantitative estimate of drug-likeness (QED) is 0.198. The monoisotopic (exact) mass is 549 g/mol. The number of para-hydroxylation sites is 1. The molecule has 3 atom stereocenters. The number of Topliss-reactive ketones (excluding diaryl/α,β-unsaturated/α-hetero) is 3. The number of hydrogen-bond acceptors (Lipinski definition) is 4. The van der Waals surface area contributed by atoms with Crippen molar-refractivity contribution in [2.45, 2.75) is 18.0 Å². The minimum Gasteiger partial charge on any atom is -0.352 e. The summed E-state index contributed by atoms with van der Waals surface area (Å²) in [6.45, 7) is 0. The van der Waals surface area contributed by atoms with Crippen LogP contribution in [0.5, 0.6) is 0 Å². The Balaban J connectivity index is 1.56. The molecule has 39 heavy (non-hydrogen) atoms. The van der Waals surface area contributed by atoms with Gasteiger partial charge in [0.1, 0.15) is 11.5 Å². The second kappa shape index (κ2) is 8.77. The van der Waals surface area contributed by atoms with E-state index in [9.17, 15) is 14.4 Å². The molecule has 4 nitrogen and oxygen atoms in total. The van der Waals surface area contributed by atoms with Crippen LogP contribution < -0.4 is 4.90 Å². The van der Waals surface area contributed by atoms with Crippen molar-refractivity contribution in [2.75, 3.05) is 4.90 Å². The van der Waals surface area contributed by atoms with E-state index in [4.69, 9.17) is 23.2 Å². The van der Waals surface area contributed by atoms with E-state index in [0.29, 0.717) is 32.3 Å². The number of halogens is 2.